The van der Waals surface area contributed by atoms with Crippen molar-refractivity contribution in [2.45, 2.75) is 57.5 Å². The van der Waals surface area contributed by atoms with Crippen LogP contribution in [0.15, 0.2) is 29.8 Å². The van der Waals surface area contributed by atoms with Gasteiger partial charge in [0.15, 0.2) is 5.65 Å². The number of likely N-dealkylation sites (tertiary alicyclic amines) is 1. The molecule has 0 aromatic carbocycles. The maximum absolute atomic E-state index is 13.6. The average molecular weight is 381 g/mol. The van der Waals surface area contributed by atoms with Gasteiger partial charge in [0.25, 0.3) is 5.91 Å². The average Bonchev–Trinajstić information content (AvgIpc) is 3.07. The van der Waals surface area contributed by atoms with Crippen molar-refractivity contribution in [2.75, 3.05) is 6.54 Å². The topological polar surface area (TPSA) is 51.0 Å². The molecule has 2 fully saturated rings. The Morgan fingerprint density at radius 2 is 2.15 bits per heavy atom. The van der Waals surface area contributed by atoms with Gasteiger partial charge in [0, 0.05) is 29.1 Å². The fraction of sp³-hybridized carbons (Fsp3) is 0.476. The molecule has 4 heterocycles. The first-order valence-electron chi connectivity index (χ1n) is 9.86. The van der Waals surface area contributed by atoms with Gasteiger partial charge in [-0.05, 0) is 57.0 Å². The molecule has 1 atom stereocenters. The minimum Gasteiger partial charge on any atom is -0.331 e. The summed E-state index contributed by atoms with van der Waals surface area (Å²) in [5.41, 5.74) is 2.68. The maximum Gasteiger partial charge on any atom is 0.255 e. The first kappa shape index (κ1) is 16.9. The summed E-state index contributed by atoms with van der Waals surface area (Å²) < 4.78 is 1.94. The van der Waals surface area contributed by atoms with Gasteiger partial charge in [-0.2, -0.15) is 5.10 Å². The second-order valence-electron chi connectivity index (χ2n) is 7.96. The Morgan fingerprint density at radius 3 is 2.85 bits per heavy atom. The number of hydrogen-bond donors (Lipinski definition) is 0. The summed E-state index contributed by atoms with van der Waals surface area (Å²) in [5.74, 6) is 0.631. The van der Waals surface area contributed by atoms with Crippen molar-refractivity contribution >= 4 is 28.3 Å². The van der Waals surface area contributed by atoms with E-state index in [2.05, 4.69) is 41.4 Å². The summed E-state index contributed by atoms with van der Waals surface area (Å²) >= 11 is 1.74. The molecular formula is C21H24N4OS. The molecule has 1 aliphatic heterocycles. The highest BCUT2D eigenvalue weighted by atomic mass is 32.1. The highest BCUT2D eigenvalue weighted by Gasteiger charge is 2.34. The number of nitrogens with zero attached hydrogens (tertiary/aromatic N) is 4. The third-order valence-corrected chi connectivity index (χ3v) is 6.66. The molecule has 0 bridgehead atoms. The van der Waals surface area contributed by atoms with Crippen LogP contribution in [0.4, 0.5) is 0 Å². The summed E-state index contributed by atoms with van der Waals surface area (Å²) in [6.45, 7) is 5.03. The molecule has 3 aromatic heterocycles. The second kappa shape index (κ2) is 6.44. The first-order chi connectivity index (χ1) is 13.1. The molecular weight excluding hydrogens is 356 g/mol. The summed E-state index contributed by atoms with van der Waals surface area (Å²) in [6.07, 6.45) is 6.26. The van der Waals surface area contributed by atoms with E-state index < -0.39 is 0 Å². The first-order valence-corrected chi connectivity index (χ1v) is 10.7. The number of aromatic nitrogens is 3. The van der Waals surface area contributed by atoms with Gasteiger partial charge in [-0.25, -0.2) is 9.67 Å². The number of pyridine rings is 1. The lowest BCUT2D eigenvalue weighted by Gasteiger charge is -2.24. The molecule has 5 nitrogen and oxygen atoms in total. The van der Waals surface area contributed by atoms with Crippen LogP contribution in [0.5, 0.6) is 0 Å². The number of amides is 1. The summed E-state index contributed by atoms with van der Waals surface area (Å²) in [6, 6.07) is 6.68. The highest BCUT2D eigenvalue weighted by molar-refractivity contribution is 7.10. The standard InChI is InChI=1S/C21H24N4OS/c1-13(2)25-20-16(12-22-25)15(11-17(23-20)14-7-8-14)21(26)24-9-3-5-18(24)19-6-4-10-27-19/h4,6,10-14,18H,3,5,7-9H2,1-2H3/t18-/m1/s1. The number of thiophene rings is 1. The van der Waals surface area contributed by atoms with Crippen molar-refractivity contribution in [2.24, 2.45) is 0 Å². The van der Waals surface area contributed by atoms with Gasteiger partial charge in [-0.3, -0.25) is 4.79 Å². The third kappa shape index (κ3) is 2.87. The Balaban J connectivity index is 1.60. The van der Waals surface area contributed by atoms with E-state index in [1.165, 1.54) is 17.7 Å². The summed E-state index contributed by atoms with van der Waals surface area (Å²) in [4.78, 5) is 21.8. The lowest BCUT2D eigenvalue weighted by Crippen LogP contribution is -2.30. The minimum absolute atomic E-state index is 0.128. The molecule has 140 valence electrons. The molecule has 0 spiro atoms. The van der Waals surface area contributed by atoms with Crippen LogP contribution in [0.25, 0.3) is 11.0 Å². The van der Waals surface area contributed by atoms with Crippen LogP contribution in [-0.2, 0) is 0 Å². The van der Waals surface area contributed by atoms with Crippen LogP contribution in [0.1, 0.15) is 78.5 Å². The number of carbonyl (C=O) groups excluding carboxylic acids is 1. The number of carbonyl (C=O) groups is 1. The normalized spacial score (nSPS) is 20.1. The zero-order valence-electron chi connectivity index (χ0n) is 15.8. The van der Waals surface area contributed by atoms with Crippen LogP contribution < -0.4 is 0 Å². The predicted octanol–water partition coefficient (Wildman–Crippen LogP) is 4.93. The van der Waals surface area contributed by atoms with E-state index in [0.29, 0.717) is 5.92 Å². The predicted molar refractivity (Wildman–Crippen MR) is 107 cm³/mol. The lowest BCUT2D eigenvalue weighted by molar-refractivity contribution is 0.0739. The van der Waals surface area contributed by atoms with E-state index in [-0.39, 0.29) is 18.0 Å². The summed E-state index contributed by atoms with van der Waals surface area (Å²) in [7, 11) is 0. The third-order valence-electron chi connectivity index (χ3n) is 5.69. The van der Waals surface area contributed by atoms with Gasteiger partial charge in [-0.15, -0.1) is 11.3 Å². The van der Waals surface area contributed by atoms with E-state index in [4.69, 9.17) is 4.98 Å². The Kier molecular flexibility index (Phi) is 4.04. The molecule has 3 aromatic rings. The minimum atomic E-state index is 0.128. The Bertz CT molecular complexity index is 987. The maximum atomic E-state index is 13.6. The van der Waals surface area contributed by atoms with E-state index in [1.54, 1.807) is 11.3 Å². The Hall–Kier alpha value is -2.21. The Morgan fingerprint density at radius 1 is 1.30 bits per heavy atom. The van der Waals surface area contributed by atoms with E-state index >= 15 is 0 Å². The van der Waals surface area contributed by atoms with E-state index in [0.717, 1.165) is 41.7 Å². The lowest BCUT2D eigenvalue weighted by atomic mass is 10.1. The molecule has 0 unspecified atom stereocenters. The quantitative estimate of drug-likeness (QED) is 0.645. The Labute approximate surface area is 163 Å². The molecule has 27 heavy (non-hydrogen) atoms. The number of hydrogen-bond acceptors (Lipinski definition) is 4. The fourth-order valence-corrected chi connectivity index (χ4v) is 5.00. The van der Waals surface area contributed by atoms with Crippen molar-refractivity contribution in [3.63, 3.8) is 0 Å². The van der Waals surface area contributed by atoms with E-state index in [9.17, 15) is 4.79 Å². The van der Waals surface area contributed by atoms with Crippen molar-refractivity contribution in [3.8, 4) is 0 Å². The summed E-state index contributed by atoms with van der Waals surface area (Å²) in [5, 5.41) is 7.52. The van der Waals surface area contributed by atoms with Gasteiger partial charge in [0.2, 0.25) is 0 Å². The van der Waals surface area contributed by atoms with Crippen LogP contribution in [0.2, 0.25) is 0 Å². The van der Waals surface area contributed by atoms with Gasteiger partial charge in [-0.1, -0.05) is 6.07 Å². The van der Waals surface area contributed by atoms with Gasteiger partial charge in [0.1, 0.15) is 0 Å². The van der Waals surface area contributed by atoms with Crippen molar-refractivity contribution in [1.29, 1.82) is 0 Å². The van der Waals surface area contributed by atoms with Crippen LogP contribution in [-0.4, -0.2) is 32.1 Å². The van der Waals surface area contributed by atoms with Crippen molar-refractivity contribution in [1.82, 2.24) is 19.7 Å². The fourth-order valence-electron chi connectivity index (χ4n) is 4.12. The number of fused-ring (bicyclic) bond motifs is 1. The molecule has 1 aliphatic carbocycles. The van der Waals surface area contributed by atoms with Crippen molar-refractivity contribution in [3.05, 3.63) is 45.9 Å². The SMILES string of the molecule is CC(C)n1ncc2c(C(=O)N3CCC[C@@H]3c3cccs3)cc(C3CC3)nc21. The molecule has 6 heteroatoms. The second-order valence-corrected chi connectivity index (χ2v) is 8.94. The van der Waals surface area contributed by atoms with Crippen molar-refractivity contribution < 1.29 is 4.79 Å². The molecule has 0 radical (unpaired) electrons. The molecule has 2 aliphatic rings. The number of rotatable bonds is 4. The van der Waals surface area contributed by atoms with Gasteiger partial charge in [0.05, 0.1) is 23.2 Å². The van der Waals surface area contributed by atoms with Crippen LogP contribution >= 0.6 is 11.3 Å². The zero-order valence-corrected chi connectivity index (χ0v) is 16.6. The molecule has 5 rings (SSSR count). The van der Waals surface area contributed by atoms with Gasteiger partial charge >= 0.3 is 0 Å². The smallest absolute Gasteiger partial charge is 0.255 e. The molecule has 1 saturated carbocycles. The highest BCUT2D eigenvalue weighted by Crippen LogP contribution is 2.41. The van der Waals surface area contributed by atoms with Gasteiger partial charge < -0.3 is 4.90 Å². The van der Waals surface area contributed by atoms with Crippen LogP contribution in [0.3, 0.4) is 0 Å². The zero-order chi connectivity index (χ0) is 18.5. The molecule has 1 amide bonds. The monoisotopic (exact) mass is 380 g/mol. The largest absolute Gasteiger partial charge is 0.331 e. The van der Waals surface area contributed by atoms with E-state index in [1.807, 2.05) is 16.9 Å². The van der Waals surface area contributed by atoms with Crippen LogP contribution in [0, 0.1) is 0 Å². The molecule has 1 saturated heterocycles. The molecule has 0 N–H and O–H groups in total.